The van der Waals surface area contributed by atoms with E-state index in [1.165, 1.54) is 7.11 Å². The van der Waals surface area contributed by atoms with Crippen LogP contribution in [0.15, 0.2) is 24.3 Å². The minimum Gasteiger partial charge on any atom is -0.468 e. The minimum atomic E-state index is -0.717. The lowest BCUT2D eigenvalue weighted by Crippen LogP contribution is -2.32. The Bertz CT molecular complexity index is 826. The summed E-state index contributed by atoms with van der Waals surface area (Å²) in [4.78, 5) is 7.30. The summed E-state index contributed by atoms with van der Waals surface area (Å²) in [7, 11) is 1.51. The van der Waals surface area contributed by atoms with Gasteiger partial charge in [-0.2, -0.15) is 10.2 Å². The van der Waals surface area contributed by atoms with Crippen LogP contribution in [0.1, 0.15) is 43.5 Å². The van der Waals surface area contributed by atoms with Crippen molar-refractivity contribution in [3.8, 4) is 18.0 Å². The number of imidazole rings is 1. The largest absolute Gasteiger partial charge is 0.468 e. The molecule has 2 aromatic rings. The summed E-state index contributed by atoms with van der Waals surface area (Å²) in [5, 5.41) is 17.7. The van der Waals surface area contributed by atoms with Crippen LogP contribution in [0.4, 0.5) is 0 Å². The van der Waals surface area contributed by atoms with Crippen LogP contribution in [0.5, 0.6) is 11.9 Å². The smallest absolute Gasteiger partial charge is 0.296 e. The van der Waals surface area contributed by atoms with Crippen molar-refractivity contribution in [2.45, 2.75) is 32.1 Å². The number of hydrogen-bond acceptors (Lipinski definition) is 5. The Labute approximate surface area is 141 Å². The third-order valence-electron chi connectivity index (χ3n) is 4.24. The summed E-state index contributed by atoms with van der Waals surface area (Å²) in [6.45, 7) is 6.39. The number of aromatic nitrogens is 2. The molecule has 0 aliphatic carbocycles. The fourth-order valence-electron chi connectivity index (χ4n) is 3.14. The van der Waals surface area contributed by atoms with Crippen molar-refractivity contribution in [3.05, 3.63) is 41.1 Å². The molecule has 2 unspecified atom stereocenters. The molecule has 2 heterocycles. The summed E-state index contributed by atoms with van der Waals surface area (Å²) in [5.74, 6) is -0.853. The Hall–Kier alpha value is -2.81. The van der Waals surface area contributed by atoms with E-state index in [1.54, 1.807) is 0 Å². The Balaban J connectivity index is 2.24. The first-order chi connectivity index (χ1) is 11.4. The highest BCUT2D eigenvalue weighted by molar-refractivity contribution is 5.84. The van der Waals surface area contributed by atoms with E-state index in [1.807, 2.05) is 18.2 Å². The predicted molar refractivity (Wildman–Crippen MR) is 89.6 cm³/mol. The lowest BCUT2D eigenvalue weighted by Gasteiger charge is -2.31. The van der Waals surface area contributed by atoms with Gasteiger partial charge >= 0.3 is 0 Å². The molecule has 0 amide bonds. The van der Waals surface area contributed by atoms with Gasteiger partial charge in [-0.3, -0.25) is 5.41 Å². The number of methoxy groups -OCH3 is 1. The van der Waals surface area contributed by atoms with Gasteiger partial charge in [0.2, 0.25) is 11.8 Å². The van der Waals surface area contributed by atoms with E-state index in [9.17, 15) is 5.26 Å². The van der Waals surface area contributed by atoms with Crippen LogP contribution >= 0.6 is 0 Å². The van der Waals surface area contributed by atoms with Crippen molar-refractivity contribution in [2.24, 2.45) is 5.92 Å². The van der Waals surface area contributed by atoms with Crippen molar-refractivity contribution in [1.82, 2.24) is 9.97 Å². The highest BCUT2D eigenvalue weighted by atomic mass is 16.5. The molecule has 2 N–H and O–H groups in total. The molecule has 124 valence electrons. The van der Waals surface area contributed by atoms with Crippen molar-refractivity contribution in [3.63, 3.8) is 0 Å². The second-order valence-corrected chi connectivity index (χ2v) is 6.85. The molecule has 0 fully saturated rings. The van der Waals surface area contributed by atoms with Gasteiger partial charge in [-0.1, -0.05) is 45.0 Å². The molecule has 0 radical (unpaired) electrons. The number of nitrogens with one attached hydrogen (secondary N) is 2. The molecule has 0 saturated heterocycles. The van der Waals surface area contributed by atoms with Crippen LogP contribution in [0.25, 0.3) is 0 Å². The van der Waals surface area contributed by atoms with E-state index < -0.39 is 5.92 Å². The van der Waals surface area contributed by atoms with E-state index in [0.29, 0.717) is 17.6 Å². The van der Waals surface area contributed by atoms with Gasteiger partial charge in [0.25, 0.3) is 6.01 Å². The van der Waals surface area contributed by atoms with Gasteiger partial charge in [-0.15, -0.1) is 0 Å². The molecule has 2 atom stereocenters. The Morgan fingerprint density at radius 3 is 2.67 bits per heavy atom. The third-order valence-corrected chi connectivity index (χ3v) is 4.24. The lowest BCUT2D eigenvalue weighted by molar-refractivity contribution is 0.380. The van der Waals surface area contributed by atoms with Crippen LogP contribution in [0, 0.1) is 22.7 Å². The number of rotatable bonds is 2. The van der Waals surface area contributed by atoms with E-state index in [-0.39, 0.29) is 17.2 Å². The first-order valence-corrected chi connectivity index (χ1v) is 7.76. The standard InChI is InChI=1S/C18H20N4O2/c1-18(2,3)12-8-6-5-7-10(12)13-11(9-19)15(20)24-16-14(13)21-17(22-16)23-4/h5-8,11,13,20H,1-4H3,(H,21,22). The molecule has 0 bridgehead atoms. The molecule has 1 aliphatic rings. The fraction of sp³-hybridized carbons (Fsp3) is 0.389. The summed E-state index contributed by atoms with van der Waals surface area (Å²) < 4.78 is 10.6. The van der Waals surface area contributed by atoms with E-state index in [0.717, 1.165) is 11.1 Å². The van der Waals surface area contributed by atoms with Gasteiger partial charge < -0.3 is 14.5 Å². The average Bonchev–Trinajstić information content (AvgIpc) is 2.95. The first kappa shape index (κ1) is 16.1. The van der Waals surface area contributed by atoms with Crippen LogP contribution in [0.3, 0.4) is 0 Å². The van der Waals surface area contributed by atoms with Crippen molar-refractivity contribution in [2.75, 3.05) is 7.11 Å². The molecule has 6 heteroatoms. The second kappa shape index (κ2) is 5.68. The quantitative estimate of drug-likeness (QED) is 0.885. The number of H-pyrrole nitrogens is 1. The van der Waals surface area contributed by atoms with Crippen molar-refractivity contribution < 1.29 is 9.47 Å². The molecule has 1 aromatic carbocycles. The third kappa shape index (κ3) is 2.52. The van der Waals surface area contributed by atoms with Crippen LogP contribution in [-0.2, 0) is 5.41 Å². The van der Waals surface area contributed by atoms with Gasteiger partial charge in [-0.25, -0.2) is 0 Å². The summed E-state index contributed by atoms with van der Waals surface area (Å²) >= 11 is 0. The zero-order chi connectivity index (χ0) is 17.5. The van der Waals surface area contributed by atoms with Crippen molar-refractivity contribution in [1.29, 1.82) is 10.7 Å². The molecule has 24 heavy (non-hydrogen) atoms. The van der Waals surface area contributed by atoms with Crippen LogP contribution < -0.4 is 9.47 Å². The SMILES string of the molecule is COc1nc2c([nH]1)C(c1ccccc1C(C)(C)C)C(C#N)C(=N)O2. The molecule has 0 spiro atoms. The summed E-state index contributed by atoms with van der Waals surface area (Å²) in [6.07, 6.45) is 0. The molecule has 3 rings (SSSR count). The monoisotopic (exact) mass is 324 g/mol. The molecule has 1 aliphatic heterocycles. The number of ether oxygens (including phenoxy) is 2. The van der Waals surface area contributed by atoms with Gasteiger partial charge in [0.05, 0.1) is 24.8 Å². The molecular weight excluding hydrogens is 304 g/mol. The normalized spacial score (nSPS) is 20.0. The van der Waals surface area contributed by atoms with E-state index >= 15 is 0 Å². The molecule has 6 nitrogen and oxygen atoms in total. The van der Waals surface area contributed by atoms with Gasteiger partial charge in [0.1, 0.15) is 5.92 Å². The Morgan fingerprint density at radius 1 is 1.33 bits per heavy atom. The zero-order valence-electron chi connectivity index (χ0n) is 14.2. The maximum atomic E-state index is 9.64. The van der Waals surface area contributed by atoms with Crippen LogP contribution in [-0.4, -0.2) is 23.0 Å². The second-order valence-electron chi connectivity index (χ2n) is 6.85. The molecular formula is C18H20N4O2. The molecule has 1 aromatic heterocycles. The topological polar surface area (TPSA) is 94.8 Å². The van der Waals surface area contributed by atoms with Gasteiger partial charge in [0, 0.05) is 0 Å². The number of aromatic amines is 1. The zero-order valence-corrected chi connectivity index (χ0v) is 14.2. The highest BCUT2D eigenvalue weighted by Crippen LogP contribution is 2.44. The Morgan fingerprint density at radius 2 is 2.04 bits per heavy atom. The van der Waals surface area contributed by atoms with Gasteiger partial charge in [-0.05, 0) is 16.5 Å². The summed E-state index contributed by atoms with van der Waals surface area (Å²) in [6, 6.07) is 10.5. The van der Waals surface area contributed by atoms with Crippen molar-refractivity contribution >= 4 is 5.90 Å². The summed E-state index contributed by atoms with van der Waals surface area (Å²) in [5.41, 5.74) is 2.70. The first-order valence-electron chi connectivity index (χ1n) is 7.76. The predicted octanol–water partition coefficient (Wildman–Crippen LogP) is 3.36. The fourth-order valence-corrected chi connectivity index (χ4v) is 3.14. The maximum absolute atomic E-state index is 9.64. The van der Waals surface area contributed by atoms with E-state index in [4.69, 9.17) is 14.9 Å². The minimum absolute atomic E-state index is 0.0899. The Kier molecular flexibility index (Phi) is 3.80. The van der Waals surface area contributed by atoms with Gasteiger partial charge in [0.15, 0.2) is 0 Å². The number of fused-ring (bicyclic) bond motifs is 1. The number of benzene rings is 1. The average molecular weight is 324 g/mol. The van der Waals surface area contributed by atoms with E-state index in [2.05, 4.69) is 42.9 Å². The maximum Gasteiger partial charge on any atom is 0.296 e. The lowest BCUT2D eigenvalue weighted by atomic mass is 9.74. The number of nitrogens with zero attached hydrogens (tertiary/aromatic N) is 2. The number of nitriles is 1. The van der Waals surface area contributed by atoms with Crippen LogP contribution in [0.2, 0.25) is 0 Å². The molecule has 0 saturated carbocycles. The highest BCUT2D eigenvalue weighted by Gasteiger charge is 2.41. The number of hydrogen-bond donors (Lipinski definition) is 2.